The number of nitrogens with zero attached hydrogens (tertiary/aromatic N) is 1. The van der Waals surface area contributed by atoms with Crippen LogP contribution in [0, 0.1) is 36.0 Å². The van der Waals surface area contributed by atoms with Crippen LogP contribution in [0.4, 0.5) is 0 Å². The summed E-state index contributed by atoms with van der Waals surface area (Å²) >= 11 is 5.98. The van der Waals surface area contributed by atoms with Crippen LogP contribution in [-0.4, -0.2) is 18.1 Å². The SMILES string of the molecule is Cc1cc(C#Cc2ccc(-c3ccc(Cl)cc3)cn2)ccc1OCC1(C(CCCN)C2CC2)CC1. The molecule has 0 saturated heterocycles. The van der Waals surface area contributed by atoms with Gasteiger partial charge >= 0.3 is 0 Å². The molecule has 2 aromatic carbocycles. The summed E-state index contributed by atoms with van der Waals surface area (Å²) in [6.45, 7) is 3.73. The molecule has 0 amide bonds. The van der Waals surface area contributed by atoms with E-state index in [1.807, 2.05) is 48.7 Å². The quantitative estimate of drug-likeness (QED) is 0.331. The normalized spacial score (nSPS) is 16.8. The molecule has 1 atom stereocenters. The van der Waals surface area contributed by atoms with E-state index in [9.17, 15) is 0 Å². The van der Waals surface area contributed by atoms with E-state index in [0.717, 1.165) is 70.1 Å². The molecule has 180 valence electrons. The van der Waals surface area contributed by atoms with Gasteiger partial charge in [-0.05, 0) is 117 Å². The molecule has 0 radical (unpaired) electrons. The van der Waals surface area contributed by atoms with Crippen LogP contribution in [0.5, 0.6) is 5.75 Å². The molecule has 2 fully saturated rings. The molecule has 3 nitrogen and oxygen atoms in total. The Morgan fingerprint density at radius 3 is 2.46 bits per heavy atom. The Labute approximate surface area is 214 Å². The van der Waals surface area contributed by atoms with E-state index in [1.165, 1.54) is 32.1 Å². The number of hydrogen-bond donors (Lipinski definition) is 1. The van der Waals surface area contributed by atoms with Crippen molar-refractivity contribution in [3.8, 4) is 28.7 Å². The molecule has 0 aliphatic heterocycles. The van der Waals surface area contributed by atoms with Crippen molar-refractivity contribution in [3.63, 3.8) is 0 Å². The number of aromatic nitrogens is 1. The third kappa shape index (κ3) is 5.89. The first-order chi connectivity index (χ1) is 17.1. The second-order valence-electron chi connectivity index (χ2n) is 10.2. The zero-order valence-electron chi connectivity index (χ0n) is 20.4. The fourth-order valence-electron chi connectivity index (χ4n) is 5.19. The summed E-state index contributed by atoms with van der Waals surface area (Å²) in [4.78, 5) is 4.51. The smallest absolute Gasteiger partial charge is 0.122 e. The molecule has 0 bridgehead atoms. The molecule has 1 aromatic heterocycles. The van der Waals surface area contributed by atoms with Crippen LogP contribution in [0.1, 0.15) is 55.3 Å². The van der Waals surface area contributed by atoms with Crippen molar-refractivity contribution in [1.82, 2.24) is 4.98 Å². The predicted molar refractivity (Wildman–Crippen MR) is 144 cm³/mol. The van der Waals surface area contributed by atoms with E-state index in [4.69, 9.17) is 22.1 Å². The molecule has 4 heteroatoms. The third-order valence-electron chi connectivity index (χ3n) is 7.56. The Balaban J connectivity index is 1.21. The largest absolute Gasteiger partial charge is 0.493 e. The fourth-order valence-corrected chi connectivity index (χ4v) is 5.31. The summed E-state index contributed by atoms with van der Waals surface area (Å²) in [6.07, 6.45) is 9.62. The van der Waals surface area contributed by atoms with Gasteiger partial charge in [-0.1, -0.05) is 35.7 Å². The highest BCUT2D eigenvalue weighted by atomic mass is 35.5. The topological polar surface area (TPSA) is 48.1 Å². The number of hydrogen-bond acceptors (Lipinski definition) is 3. The molecule has 5 rings (SSSR count). The summed E-state index contributed by atoms with van der Waals surface area (Å²) in [7, 11) is 0. The maximum absolute atomic E-state index is 6.38. The van der Waals surface area contributed by atoms with Crippen LogP contribution in [0.3, 0.4) is 0 Å². The Morgan fingerprint density at radius 1 is 1.06 bits per heavy atom. The first-order valence-electron chi connectivity index (χ1n) is 12.7. The van der Waals surface area contributed by atoms with Gasteiger partial charge in [-0.25, -0.2) is 4.98 Å². The van der Waals surface area contributed by atoms with Crippen LogP contribution >= 0.6 is 11.6 Å². The van der Waals surface area contributed by atoms with Crippen molar-refractivity contribution in [2.24, 2.45) is 23.0 Å². The Kier molecular flexibility index (Phi) is 7.14. The highest BCUT2D eigenvalue weighted by Crippen LogP contribution is 2.60. The standard InChI is InChI=1S/C31H33ClN2O/c1-22-19-23(4-13-28-14-10-26(20-34-28)24-8-11-27(32)12-9-24)5-15-30(22)35-21-31(16-17-31)29(3-2-18-33)25-6-7-25/h5,8-12,14-15,19-20,25,29H,2-3,6-7,16-18,21,33H2,1H3. The summed E-state index contributed by atoms with van der Waals surface area (Å²) in [6, 6.07) is 18.0. The van der Waals surface area contributed by atoms with Gasteiger partial charge in [-0.15, -0.1) is 0 Å². The average Bonchev–Trinajstić information content (AvgIpc) is 3.80. The minimum atomic E-state index is 0.380. The lowest BCUT2D eigenvalue weighted by molar-refractivity contribution is 0.149. The number of aryl methyl sites for hydroxylation is 1. The van der Waals surface area contributed by atoms with Crippen LogP contribution in [0.2, 0.25) is 5.02 Å². The van der Waals surface area contributed by atoms with Crippen molar-refractivity contribution in [2.45, 2.75) is 45.4 Å². The number of benzene rings is 2. The van der Waals surface area contributed by atoms with Gasteiger partial charge < -0.3 is 10.5 Å². The Hall–Kier alpha value is -2.80. The van der Waals surface area contributed by atoms with E-state index >= 15 is 0 Å². The summed E-state index contributed by atoms with van der Waals surface area (Å²) in [5.74, 6) is 9.09. The first-order valence-corrected chi connectivity index (χ1v) is 13.1. The van der Waals surface area contributed by atoms with Gasteiger partial charge in [0, 0.05) is 27.8 Å². The second-order valence-corrected chi connectivity index (χ2v) is 10.6. The van der Waals surface area contributed by atoms with Gasteiger partial charge in [0.2, 0.25) is 0 Å². The predicted octanol–water partition coefficient (Wildman–Crippen LogP) is 7.03. The Bertz CT molecular complexity index is 1220. The molecule has 2 aliphatic carbocycles. The molecule has 1 unspecified atom stereocenters. The van der Waals surface area contributed by atoms with Gasteiger partial charge in [-0.3, -0.25) is 0 Å². The zero-order chi connectivity index (χ0) is 24.3. The van der Waals surface area contributed by atoms with Gasteiger partial charge in [0.05, 0.1) is 6.61 Å². The lowest BCUT2D eigenvalue weighted by atomic mass is 9.82. The number of nitrogens with two attached hydrogens (primary N) is 1. The molecule has 2 saturated carbocycles. The van der Waals surface area contributed by atoms with Gasteiger partial charge in [0.15, 0.2) is 0 Å². The lowest BCUT2D eigenvalue weighted by Gasteiger charge is -2.27. The number of rotatable bonds is 9. The average molecular weight is 485 g/mol. The fraction of sp³-hybridized carbons (Fsp3) is 0.387. The molecule has 1 heterocycles. The zero-order valence-corrected chi connectivity index (χ0v) is 21.2. The van der Waals surface area contributed by atoms with Crippen molar-refractivity contribution in [2.75, 3.05) is 13.2 Å². The third-order valence-corrected chi connectivity index (χ3v) is 7.81. The minimum absolute atomic E-state index is 0.380. The van der Waals surface area contributed by atoms with E-state index in [0.29, 0.717) is 5.41 Å². The van der Waals surface area contributed by atoms with Crippen LogP contribution in [-0.2, 0) is 0 Å². The Morgan fingerprint density at radius 2 is 1.83 bits per heavy atom. The van der Waals surface area contributed by atoms with Crippen LogP contribution in [0.15, 0.2) is 60.8 Å². The van der Waals surface area contributed by atoms with E-state index in [2.05, 4.69) is 35.9 Å². The summed E-state index contributed by atoms with van der Waals surface area (Å²) in [5.41, 5.74) is 11.2. The number of halogens is 1. The molecule has 2 aliphatic rings. The summed E-state index contributed by atoms with van der Waals surface area (Å²) < 4.78 is 6.38. The number of pyridine rings is 1. The van der Waals surface area contributed by atoms with Gasteiger partial charge in [0.1, 0.15) is 11.4 Å². The van der Waals surface area contributed by atoms with Gasteiger partial charge in [-0.2, -0.15) is 0 Å². The lowest BCUT2D eigenvalue weighted by Crippen LogP contribution is -2.26. The number of ether oxygens (including phenoxy) is 1. The van der Waals surface area contributed by atoms with E-state index in [1.54, 1.807) is 0 Å². The molecular weight excluding hydrogens is 452 g/mol. The molecule has 2 N–H and O–H groups in total. The molecule has 35 heavy (non-hydrogen) atoms. The maximum atomic E-state index is 6.38. The van der Waals surface area contributed by atoms with Crippen molar-refractivity contribution in [1.29, 1.82) is 0 Å². The minimum Gasteiger partial charge on any atom is -0.493 e. The monoisotopic (exact) mass is 484 g/mol. The van der Waals surface area contributed by atoms with Crippen molar-refractivity contribution in [3.05, 3.63) is 82.6 Å². The van der Waals surface area contributed by atoms with Gasteiger partial charge in [0.25, 0.3) is 0 Å². The maximum Gasteiger partial charge on any atom is 0.122 e. The van der Waals surface area contributed by atoms with Crippen LogP contribution in [0.25, 0.3) is 11.1 Å². The first kappa shape index (κ1) is 23.9. The molecule has 3 aromatic rings. The second kappa shape index (κ2) is 10.4. The summed E-state index contributed by atoms with van der Waals surface area (Å²) in [5, 5.41) is 0.730. The van der Waals surface area contributed by atoms with E-state index in [-0.39, 0.29) is 0 Å². The molecular formula is C31H33ClN2O. The van der Waals surface area contributed by atoms with E-state index < -0.39 is 0 Å². The van der Waals surface area contributed by atoms with Crippen LogP contribution < -0.4 is 10.5 Å². The highest BCUT2D eigenvalue weighted by Gasteiger charge is 2.54. The highest BCUT2D eigenvalue weighted by molar-refractivity contribution is 6.30. The molecule has 0 spiro atoms. The van der Waals surface area contributed by atoms with Crippen molar-refractivity contribution >= 4 is 11.6 Å². The van der Waals surface area contributed by atoms with Crippen molar-refractivity contribution < 1.29 is 4.74 Å².